The number of carbonyl (C=O) groups excluding carboxylic acids is 1. The number of hydrogen-bond acceptors (Lipinski definition) is 7. The lowest BCUT2D eigenvalue weighted by Crippen LogP contribution is -2.49. The lowest BCUT2D eigenvalue weighted by molar-refractivity contribution is -0.130. The highest BCUT2D eigenvalue weighted by atomic mass is 32.2. The molecule has 2 heterocycles. The SMILES string of the molecule is CSc1cccc2sc(N3CCN(C(=O)Cc4ccc(S(=O)(=O)C(C)C)cc4)CC3)nc12. The van der Waals surface area contributed by atoms with Crippen LogP contribution >= 0.6 is 23.1 Å². The highest BCUT2D eigenvalue weighted by molar-refractivity contribution is 7.98. The fourth-order valence-corrected chi connectivity index (χ4v) is 6.45. The van der Waals surface area contributed by atoms with E-state index in [1.54, 1.807) is 61.2 Å². The van der Waals surface area contributed by atoms with Crippen LogP contribution in [0.25, 0.3) is 10.2 Å². The molecule has 0 aliphatic carbocycles. The first-order chi connectivity index (χ1) is 15.3. The number of fused-ring (bicyclic) bond motifs is 1. The van der Waals surface area contributed by atoms with E-state index in [2.05, 4.69) is 29.4 Å². The van der Waals surface area contributed by atoms with Crippen LogP contribution in [0.5, 0.6) is 0 Å². The topological polar surface area (TPSA) is 70.6 Å². The van der Waals surface area contributed by atoms with Gasteiger partial charge in [0.2, 0.25) is 5.91 Å². The van der Waals surface area contributed by atoms with E-state index in [4.69, 9.17) is 4.98 Å². The average molecular weight is 490 g/mol. The zero-order chi connectivity index (χ0) is 22.9. The van der Waals surface area contributed by atoms with Crippen LogP contribution in [0, 0.1) is 0 Å². The fraction of sp³-hybridized carbons (Fsp3) is 0.391. The summed E-state index contributed by atoms with van der Waals surface area (Å²) in [5.41, 5.74) is 1.89. The van der Waals surface area contributed by atoms with E-state index in [0.717, 1.165) is 29.3 Å². The van der Waals surface area contributed by atoms with E-state index in [1.807, 2.05) is 4.90 Å². The third kappa shape index (κ3) is 4.65. The van der Waals surface area contributed by atoms with Crippen LogP contribution in [0.3, 0.4) is 0 Å². The number of amides is 1. The molecule has 1 saturated heterocycles. The molecule has 9 heteroatoms. The summed E-state index contributed by atoms with van der Waals surface area (Å²) in [6.45, 7) is 6.16. The molecule has 2 aromatic carbocycles. The van der Waals surface area contributed by atoms with Crippen LogP contribution in [-0.2, 0) is 21.1 Å². The zero-order valence-electron chi connectivity index (χ0n) is 18.4. The van der Waals surface area contributed by atoms with Crippen LogP contribution in [0.1, 0.15) is 19.4 Å². The molecule has 1 aliphatic heterocycles. The van der Waals surface area contributed by atoms with Crippen molar-refractivity contribution in [2.45, 2.75) is 35.3 Å². The molecule has 3 aromatic rings. The Kier molecular flexibility index (Phi) is 6.78. The van der Waals surface area contributed by atoms with Crippen LogP contribution in [0.4, 0.5) is 5.13 Å². The Bertz CT molecular complexity index is 1210. The number of rotatable bonds is 6. The molecule has 32 heavy (non-hydrogen) atoms. The van der Waals surface area contributed by atoms with Gasteiger partial charge in [-0.05, 0) is 49.9 Å². The Morgan fingerprint density at radius 2 is 1.78 bits per heavy atom. The van der Waals surface area contributed by atoms with Crippen molar-refractivity contribution in [1.82, 2.24) is 9.88 Å². The third-order valence-corrected chi connectivity index (χ3v) is 9.74. The third-order valence-electron chi connectivity index (χ3n) is 5.72. The van der Waals surface area contributed by atoms with Crippen molar-refractivity contribution in [1.29, 1.82) is 0 Å². The first kappa shape index (κ1) is 23.1. The van der Waals surface area contributed by atoms with E-state index in [-0.39, 0.29) is 12.3 Å². The second-order valence-electron chi connectivity index (χ2n) is 8.09. The van der Waals surface area contributed by atoms with Crippen molar-refractivity contribution in [3.63, 3.8) is 0 Å². The molecule has 170 valence electrons. The van der Waals surface area contributed by atoms with Gasteiger partial charge in [-0.2, -0.15) is 0 Å². The van der Waals surface area contributed by atoms with E-state index in [9.17, 15) is 13.2 Å². The molecule has 0 spiro atoms. The lowest BCUT2D eigenvalue weighted by atomic mass is 10.1. The molecule has 4 rings (SSSR count). The standard InChI is InChI=1S/C23H27N3O3S3/c1-16(2)32(28,29)18-9-7-17(8-10-18)15-21(27)25-11-13-26(14-12-25)23-24-22-19(30-3)5-4-6-20(22)31-23/h4-10,16H,11-15H2,1-3H3. The van der Waals surface area contributed by atoms with Gasteiger partial charge in [0.15, 0.2) is 15.0 Å². The summed E-state index contributed by atoms with van der Waals surface area (Å²) >= 11 is 3.41. The quantitative estimate of drug-likeness (QED) is 0.486. The minimum Gasteiger partial charge on any atom is -0.345 e. The smallest absolute Gasteiger partial charge is 0.227 e. The Labute approximate surface area is 197 Å². The number of nitrogens with zero attached hydrogens (tertiary/aromatic N) is 3. The number of thioether (sulfide) groups is 1. The Morgan fingerprint density at radius 3 is 2.41 bits per heavy atom. The van der Waals surface area contributed by atoms with Crippen molar-refractivity contribution >= 4 is 54.2 Å². The van der Waals surface area contributed by atoms with Crippen LogP contribution in [-0.4, -0.2) is 61.9 Å². The minimum atomic E-state index is -3.30. The molecule has 1 aromatic heterocycles. The Balaban J connectivity index is 1.37. The van der Waals surface area contributed by atoms with Crippen molar-refractivity contribution < 1.29 is 13.2 Å². The highest BCUT2D eigenvalue weighted by Gasteiger charge is 2.24. The molecule has 1 amide bonds. The number of piperazine rings is 1. The van der Waals surface area contributed by atoms with Gasteiger partial charge in [-0.3, -0.25) is 4.79 Å². The normalized spacial score (nSPS) is 15.0. The maximum Gasteiger partial charge on any atom is 0.227 e. The molecule has 0 atom stereocenters. The monoisotopic (exact) mass is 489 g/mol. The van der Waals surface area contributed by atoms with Crippen molar-refractivity contribution in [3.8, 4) is 0 Å². The number of aromatic nitrogens is 1. The summed E-state index contributed by atoms with van der Waals surface area (Å²) < 4.78 is 25.7. The summed E-state index contributed by atoms with van der Waals surface area (Å²) in [6, 6.07) is 13.0. The summed E-state index contributed by atoms with van der Waals surface area (Å²) in [6.07, 6.45) is 2.34. The first-order valence-corrected chi connectivity index (χ1v) is 14.2. The summed E-state index contributed by atoms with van der Waals surface area (Å²) in [4.78, 5) is 23.3. The zero-order valence-corrected chi connectivity index (χ0v) is 20.9. The maximum atomic E-state index is 12.8. The largest absolute Gasteiger partial charge is 0.345 e. The molecule has 0 bridgehead atoms. The molecule has 0 unspecified atom stereocenters. The Hall–Kier alpha value is -2.10. The van der Waals surface area contributed by atoms with Gasteiger partial charge in [-0.15, -0.1) is 11.8 Å². The predicted molar refractivity (Wildman–Crippen MR) is 133 cm³/mol. The van der Waals surface area contributed by atoms with Gasteiger partial charge in [-0.25, -0.2) is 13.4 Å². The molecule has 0 N–H and O–H groups in total. The fourth-order valence-electron chi connectivity index (χ4n) is 3.71. The van der Waals surface area contributed by atoms with Crippen LogP contribution in [0.2, 0.25) is 0 Å². The molecule has 6 nitrogen and oxygen atoms in total. The molecule has 0 saturated carbocycles. The highest BCUT2D eigenvalue weighted by Crippen LogP contribution is 2.34. The second kappa shape index (κ2) is 9.41. The van der Waals surface area contributed by atoms with Crippen molar-refractivity contribution in [2.75, 3.05) is 37.3 Å². The van der Waals surface area contributed by atoms with Crippen molar-refractivity contribution in [2.24, 2.45) is 0 Å². The number of sulfone groups is 1. The molecule has 0 radical (unpaired) electrons. The number of anilines is 1. The second-order valence-corrected chi connectivity index (χ2v) is 12.4. The van der Waals surface area contributed by atoms with Gasteiger partial charge in [-0.1, -0.05) is 29.5 Å². The van der Waals surface area contributed by atoms with Crippen LogP contribution in [0.15, 0.2) is 52.3 Å². The lowest BCUT2D eigenvalue weighted by Gasteiger charge is -2.34. The molecule has 1 fully saturated rings. The van der Waals surface area contributed by atoms with Crippen LogP contribution < -0.4 is 4.90 Å². The van der Waals surface area contributed by atoms with E-state index in [0.29, 0.717) is 18.0 Å². The van der Waals surface area contributed by atoms with Gasteiger partial charge in [0.05, 0.1) is 26.8 Å². The molecule has 1 aliphatic rings. The Morgan fingerprint density at radius 1 is 1.09 bits per heavy atom. The average Bonchev–Trinajstić information content (AvgIpc) is 3.24. The summed E-state index contributed by atoms with van der Waals surface area (Å²) in [5.74, 6) is 0.0677. The van der Waals surface area contributed by atoms with E-state index < -0.39 is 15.1 Å². The van der Waals surface area contributed by atoms with Gasteiger partial charge in [0.25, 0.3) is 0 Å². The van der Waals surface area contributed by atoms with E-state index >= 15 is 0 Å². The number of carbonyl (C=O) groups is 1. The number of thiazole rings is 1. The minimum absolute atomic E-state index is 0.0677. The summed E-state index contributed by atoms with van der Waals surface area (Å²) in [5, 5.41) is 0.546. The number of benzene rings is 2. The number of hydrogen-bond donors (Lipinski definition) is 0. The summed E-state index contributed by atoms with van der Waals surface area (Å²) in [7, 11) is -3.30. The molecular formula is C23H27N3O3S3. The van der Waals surface area contributed by atoms with Gasteiger partial charge in [0.1, 0.15) is 0 Å². The maximum absolute atomic E-state index is 12.8. The molecular weight excluding hydrogens is 462 g/mol. The van der Waals surface area contributed by atoms with E-state index in [1.165, 1.54) is 9.60 Å². The first-order valence-electron chi connectivity index (χ1n) is 10.6. The van der Waals surface area contributed by atoms with Gasteiger partial charge in [0, 0.05) is 31.1 Å². The van der Waals surface area contributed by atoms with Gasteiger partial charge >= 0.3 is 0 Å². The predicted octanol–water partition coefficient (Wildman–Crippen LogP) is 4.09. The van der Waals surface area contributed by atoms with Gasteiger partial charge < -0.3 is 9.80 Å². The van der Waals surface area contributed by atoms with Crippen molar-refractivity contribution in [3.05, 3.63) is 48.0 Å². The number of para-hydroxylation sites is 1.